The minimum Gasteiger partial charge on any atom is -0.506 e. The summed E-state index contributed by atoms with van der Waals surface area (Å²) in [6, 6.07) is 36.3. The number of phenolic OH excluding ortho intramolecular Hbond substituents is 1. The van der Waals surface area contributed by atoms with Crippen LogP contribution in [0.2, 0.25) is 0 Å². The van der Waals surface area contributed by atoms with Gasteiger partial charge in [0.15, 0.2) is 6.61 Å². The van der Waals surface area contributed by atoms with Gasteiger partial charge in [-0.05, 0) is 105 Å². The van der Waals surface area contributed by atoms with Gasteiger partial charge in [0.1, 0.15) is 17.2 Å². The molecule has 6 aromatic rings. The molecule has 0 bridgehead atoms. The maximum absolute atomic E-state index is 13.9. The molecule has 2 heterocycles. The zero-order valence-corrected chi connectivity index (χ0v) is 38.6. The topological polar surface area (TPSA) is 212 Å². The van der Waals surface area contributed by atoms with Crippen molar-refractivity contribution < 1.29 is 43.9 Å². The van der Waals surface area contributed by atoms with Gasteiger partial charge in [0.05, 0.1) is 24.8 Å². The number of nitrogens with one attached hydrogen (secondary N) is 4. The summed E-state index contributed by atoms with van der Waals surface area (Å²) in [5.41, 5.74) is 1.40. The molecule has 15 nitrogen and oxygen atoms in total. The maximum Gasteiger partial charge on any atom is 0.347 e. The molecule has 2 amide bonds. The Morgan fingerprint density at radius 2 is 1.55 bits per heavy atom. The number of carbonyl (C=O) groups is 3. The molecular weight excluding hydrogens is 879 g/mol. The van der Waals surface area contributed by atoms with Crippen LogP contribution in [0.5, 0.6) is 17.2 Å². The van der Waals surface area contributed by atoms with Crippen LogP contribution in [0.3, 0.4) is 0 Å². The predicted octanol–water partition coefficient (Wildman–Crippen LogP) is 5.60. The molecule has 2 aliphatic rings. The average Bonchev–Trinajstić information content (AvgIpc) is 3.35. The zero-order chi connectivity index (χ0) is 48.3. The number of aromatic amines is 1. The number of amides is 2. The molecule has 2 fully saturated rings. The summed E-state index contributed by atoms with van der Waals surface area (Å²) in [6.07, 6.45) is 1.87. The molecule has 69 heavy (non-hydrogen) atoms. The molecule has 1 saturated heterocycles. The van der Waals surface area contributed by atoms with E-state index < -0.39 is 17.7 Å². The molecule has 1 aliphatic carbocycles. The predicted molar refractivity (Wildman–Crippen MR) is 260 cm³/mol. The van der Waals surface area contributed by atoms with E-state index in [2.05, 4.69) is 38.0 Å². The van der Waals surface area contributed by atoms with Crippen LogP contribution in [-0.2, 0) is 33.0 Å². The highest BCUT2D eigenvalue weighted by molar-refractivity contribution is 5.95. The number of H-pyrrole nitrogens is 1. The Labute approximate surface area is 400 Å². The van der Waals surface area contributed by atoms with Gasteiger partial charge in [-0.3, -0.25) is 19.3 Å². The van der Waals surface area contributed by atoms with E-state index in [0.717, 1.165) is 38.0 Å². The van der Waals surface area contributed by atoms with Gasteiger partial charge in [-0.2, -0.15) is 0 Å². The fraction of sp³-hybridized carbons (Fsp3) is 0.333. The maximum atomic E-state index is 13.9. The minimum atomic E-state index is -2.12. The number of phenols is 1. The lowest BCUT2D eigenvalue weighted by Crippen LogP contribution is -2.54. The van der Waals surface area contributed by atoms with Crippen LogP contribution in [0.1, 0.15) is 76.9 Å². The third-order valence-corrected chi connectivity index (χ3v) is 12.9. The molecule has 0 radical (unpaired) electrons. The SMILES string of the molecule is CCOc1cc(C(=O)NC2CC(NC(=O)COc3cccc([C@](O)(C(=O)OCC4CCN(Cc5ccccc5)CC4)c4ccccc4)c3)C2)ccc1CNC[C@H](O)c1ccc(O)c2[nH]c(=O)ccc12. The van der Waals surface area contributed by atoms with Crippen molar-refractivity contribution in [3.63, 3.8) is 0 Å². The zero-order valence-electron chi connectivity index (χ0n) is 38.6. The van der Waals surface area contributed by atoms with Crippen LogP contribution in [0, 0.1) is 5.92 Å². The number of esters is 1. The Morgan fingerprint density at radius 3 is 2.30 bits per heavy atom. The largest absolute Gasteiger partial charge is 0.506 e. The van der Waals surface area contributed by atoms with Gasteiger partial charge in [-0.1, -0.05) is 84.9 Å². The molecule has 0 unspecified atom stereocenters. The van der Waals surface area contributed by atoms with E-state index in [9.17, 15) is 34.5 Å². The Balaban J connectivity index is 0.789. The number of aliphatic hydroxyl groups excluding tert-OH is 1. The van der Waals surface area contributed by atoms with E-state index in [1.807, 2.05) is 25.1 Å². The second-order valence-electron chi connectivity index (χ2n) is 17.8. The number of fused-ring (bicyclic) bond motifs is 1. The molecule has 1 aliphatic heterocycles. The quantitative estimate of drug-likeness (QED) is 0.0467. The number of nitrogens with zero attached hydrogens (tertiary/aromatic N) is 1. The van der Waals surface area contributed by atoms with Gasteiger partial charge < -0.3 is 50.5 Å². The average molecular weight is 938 g/mol. The monoisotopic (exact) mass is 937 g/mol. The molecule has 15 heteroatoms. The standard InChI is InChI=1S/C54H59N5O10/c1-2-67-48-26-37(16-17-38(48)30-55-31-47(61)44-18-20-46(60)51-45(44)19-21-49(62)58-51)52(64)57-42-28-41(29-42)56-50(63)34-68-43-15-9-14-40(27-43)54(66,39-12-7-4-8-13-39)53(65)69-33-36-22-24-59(25-23-36)32-35-10-5-3-6-11-35/h3-21,26-27,36,41-42,47,55,60-61,66H,2,22-25,28-34H2,1H3,(H,56,63)(H,57,64)(H,58,62)/t41?,42?,47-,54-/m0/s1. The molecular formula is C54H59N5O10. The fourth-order valence-corrected chi connectivity index (χ4v) is 9.02. The summed E-state index contributed by atoms with van der Waals surface area (Å²) >= 11 is 0. The third kappa shape index (κ3) is 12.0. The number of benzene rings is 5. The van der Waals surface area contributed by atoms with E-state index in [1.165, 1.54) is 17.7 Å². The van der Waals surface area contributed by atoms with Crippen LogP contribution in [0.15, 0.2) is 132 Å². The first kappa shape index (κ1) is 48.4. The summed E-state index contributed by atoms with van der Waals surface area (Å²) in [5.74, 6) is -0.508. The second kappa shape index (κ2) is 22.4. The molecule has 8 rings (SSSR count). The lowest BCUT2D eigenvalue weighted by Gasteiger charge is -2.36. The number of aromatic nitrogens is 1. The van der Waals surface area contributed by atoms with Gasteiger partial charge >= 0.3 is 5.97 Å². The molecule has 5 aromatic carbocycles. The number of pyridine rings is 1. The number of hydrogen-bond donors (Lipinski definition) is 7. The van der Waals surface area contributed by atoms with Gasteiger partial charge in [0.2, 0.25) is 11.2 Å². The van der Waals surface area contributed by atoms with Crippen LogP contribution in [0.4, 0.5) is 0 Å². The number of aliphatic hydroxyl groups is 2. The highest BCUT2D eigenvalue weighted by Gasteiger charge is 2.42. The van der Waals surface area contributed by atoms with Crippen LogP contribution >= 0.6 is 0 Å². The first-order chi connectivity index (χ1) is 33.5. The lowest BCUT2D eigenvalue weighted by atomic mass is 9.86. The molecule has 2 atom stereocenters. The van der Waals surface area contributed by atoms with E-state index >= 15 is 0 Å². The summed E-state index contributed by atoms with van der Waals surface area (Å²) in [7, 11) is 0. The van der Waals surface area contributed by atoms with Crippen molar-refractivity contribution in [3.05, 3.63) is 171 Å². The molecule has 1 aromatic heterocycles. The highest BCUT2D eigenvalue weighted by atomic mass is 16.6. The molecule has 1 saturated carbocycles. The number of ether oxygens (including phenoxy) is 3. The van der Waals surface area contributed by atoms with Crippen molar-refractivity contribution in [2.75, 3.05) is 39.5 Å². The second-order valence-corrected chi connectivity index (χ2v) is 17.8. The first-order valence-corrected chi connectivity index (χ1v) is 23.5. The summed E-state index contributed by atoms with van der Waals surface area (Å²) < 4.78 is 17.6. The smallest absolute Gasteiger partial charge is 0.347 e. The third-order valence-electron chi connectivity index (χ3n) is 12.9. The van der Waals surface area contributed by atoms with Crippen molar-refractivity contribution >= 4 is 28.7 Å². The van der Waals surface area contributed by atoms with E-state index in [4.69, 9.17) is 14.2 Å². The first-order valence-electron chi connectivity index (χ1n) is 23.5. The summed E-state index contributed by atoms with van der Waals surface area (Å²) in [5, 5.41) is 43.1. The van der Waals surface area contributed by atoms with Gasteiger partial charge in [0.25, 0.3) is 11.8 Å². The number of hydrogen-bond acceptors (Lipinski definition) is 12. The Morgan fingerprint density at radius 1 is 0.826 bits per heavy atom. The van der Waals surface area contributed by atoms with Gasteiger partial charge in [-0.25, -0.2) is 4.79 Å². The summed E-state index contributed by atoms with van der Waals surface area (Å²) in [4.78, 5) is 57.0. The lowest BCUT2D eigenvalue weighted by molar-refractivity contribution is -0.164. The molecule has 7 N–H and O–H groups in total. The molecule has 0 spiro atoms. The van der Waals surface area contributed by atoms with E-state index in [0.29, 0.717) is 59.6 Å². The number of aromatic hydroxyl groups is 1. The van der Waals surface area contributed by atoms with Crippen LogP contribution in [0.25, 0.3) is 10.9 Å². The van der Waals surface area contributed by atoms with E-state index in [-0.39, 0.29) is 72.0 Å². The Kier molecular flexibility index (Phi) is 15.7. The highest BCUT2D eigenvalue weighted by Crippen LogP contribution is 2.34. The number of rotatable bonds is 20. The van der Waals surface area contributed by atoms with Crippen LogP contribution in [-0.4, -0.2) is 94.5 Å². The molecule has 360 valence electrons. The van der Waals surface area contributed by atoms with Crippen molar-refractivity contribution in [2.45, 2.75) is 69.5 Å². The number of piperidine rings is 1. The van der Waals surface area contributed by atoms with Crippen molar-refractivity contribution in [2.24, 2.45) is 5.92 Å². The fourth-order valence-electron chi connectivity index (χ4n) is 9.02. The van der Waals surface area contributed by atoms with E-state index in [1.54, 1.807) is 84.9 Å². The van der Waals surface area contributed by atoms with Crippen molar-refractivity contribution in [1.82, 2.24) is 25.8 Å². The van der Waals surface area contributed by atoms with Crippen LogP contribution < -0.4 is 31.0 Å². The van der Waals surface area contributed by atoms with Crippen molar-refractivity contribution in [1.29, 1.82) is 0 Å². The Bertz CT molecular complexity index is 2770. The number of likely N-dealkylation sites (tertiary alicyclic amines) is 1. The minimum absolute atomic E-state index is 0.0862. The van der Waals surface area contributed by atoms with Gasteiger partial charge in [-0.15, -0.1) is 0 Å². The Hall–Kier alpha value is -7.04. The number of carbonyl (C=O) groups excluding carboxylic acids is 3. The summed E-state index contributed by atoms with van der Waals surface area (Å²) in [6.45, 7) is 5.28. The normalized spacial score (nSPS) is 17.5. The van der Waals surface area contributed by atoms with Gasteiger partial charge in [0, 0.05) is 59.9 Å². The van der Waals surface area contributed by atoms with Crippen molar-refractivity contribution in [3.8, 4) is 17.2 Å².